The second kappa shape index (κ2) is 7.95. The maximum absolute atomic E-state index is 12.5. The number of hydrogen-bond acceptors (Lipinski definition) is 5. The van der Waals surface area contributed by atoms with Crippen molar-refractivity contribution in [3.05, 3.63) is 65.8 Å². The Morgan fingerprint density at radius 1 is 1.03 bits per heavy atom. The third-order valence-electron chi connectivity index (χ3n) is 4.59. The standard InChI is InChI=1S/C22H18F3N3OS/c1-13(2)14-6-8-15(9-7-14)18-11-30-21-19(18)20(26-12-27-21)28-16-4-3-5-17(10-16)29-22(23,24)25/h3-13H,1-2H3,(H,26,27,28). The van der Waals surface area contributed by atoms with Crippen molar-refractivity contribution in [1.82, 2.24) is 9.97 Å². The second-order valence-corrected chi connectivity index (χ2v) is 7.89. The van der Waals surface area contributed by atoms with E-state index in [4.69, 9.17) is 0 Å². The summed E-state index contributed by atoms with van der Waals surface area (Å²) in [6.07, 6.45) is -3.31. The van der Waals surface area contributed by atoms with Crippen LogP contribution in [0.25, 0.3) is 21.3 Å². The molecule has 0 aliphatic carbocycles. The maximum Gasteiger partial charge on any atom is 0.573 e. The van der Waals surface area contributed by atoms with Gasteiger partial charge in [0.05, 0.1) is 5.39 Å². The third-order valence-corrected chi connectivity index (χ3v) is 5.48. The SMILES string of the molecule is CC(C)c1ccc(-c2csc3ncnc(Nc4cccc(OC(F)(F)F)c4)c23)cc1. The molecule has 0 atom stereocenters. The summed E-state index contributed by atoms with van der Waals surface area (Å²) in [5.41, 5.74) is 3.67. The number of alkyl halides is 3. The number of aromatic nitrogens is 2. The van der Waals surface area contributed by atoms with E-state index in [1.165, 1.54) is 41.4 Å². The van der Waals surface area contributed by atoms with Crippen LogP contribution < -0.4 is 10.1 Å². The first kappa shape index (κ1) is 20.2. The fourth-order valence-electron chi connectivity index (χ4n) is 3.14. The van der Waals surface area contributed by atoms with E-state index in [1.54, 1.807) is 6.07 Å². The van der Waals surface area contributed by atoms with Gasteiger partial charge in [0, 0.05) is 22.7 Å². The quantitative estimate of drug-likeness (QED) is 0.367. The van der Waals surface area contributed by atoms with E-state index >= 15 is 0 Å². The Balaban J connectivity index is 1.71. The zero-order valence-corrected chi connectivity index (χ0v) is 17.0. The minimum atomic E-state index is -4.75. The van der Waals surface area contributed by atoms with Gasteiger partial charge in [0.2, 0.25) is 0 Å². The number of rotatable bonds is 5. The van der Waals surface area contributed by atoms with Gasteiger partial charge in [-0.2, -0.15) is 0 Å². The van der Waals surface area contributed by atoms with Crippen LogP contribution in [0, 0.1) is 0 Å². The molecule has 0 fully saturated rings. The first-order valence-corrected chi connectivity index (χ1v) is 10.1. The average Bonchev–Trinajstić information content (AvgIpc) is 3.12. The number of nitrogens with one attached hydrogen (secondary N) is 1. The van der Waals surface area contributed by atoms with Crippen LogP contribution in [0.15, 0.2) is 60.2 Å². The van der Waals surface area contributed by atoms with Crippen LogP contribution in [0.3, 0.4) is 0 Å². The van der Waals surface area contributed by atoms with Crippen LogP contribution in [0.2, 0.25) is 0 Å². The van der Waals surface area contributed by atoms with Gasteiger partial charge >= 0.3 is 6.36 Å². The predicted molar refractivity (Wildman–Crippen MR) is 113 cm³/mol. The normalized spacial score (nSPS) is 11.8. The molecule has 30 heavy (non-hydrogen) atoms. The molecule has 4 aromatic rings. The van der Waals surface area contributed by atoms with Gasteiger partial charge < -0.3 is 10.1 Å². The highest BCUT2D eigenvalue weighted by Gasteiger charge is 2.31. The summed E-state index contributed by atoms with van der Waals surface area (Å²) < 4.78 is 41.6. The summed E-state index contributed by atoms with van der Waals surface area (Å²) in [4.78, 5) is 9.46. The molecule has 4 nitrogen and oxygen atoms in total. The molecular formula is C22H18F3N3OS. The van der Waals surface area contributed by atoms with E-state index < -0.39 is 6.36 Å². The number of ether oxygens (including phenoxy) is 1. The summed E-state index contributed by atoms with van der Waals surface area (Å²) in [5, 5.41) is 5.94. The molecular weight excluding hydrogens is 411 g/mol. The van der Waals surface area contributed by atoms with Crippen molar-refractivity contribution in [2.45, 2.75) is 26.1 Å². The van der Waals surface area contributed by atoms with Crippen molar-refractivity contribution in [2.75, 3.05) is 5.32 Å². The van der Waals surface area contributed by atoms with Gasteiger partial charge in [0.1, 0.15) is 22.7 Å². The van der Waals surface area contributed by atoms with E-state index in [1.807, 2.05) is 5.38 Å². The van der Waals surface area contributed by atoms with E-state index in [2.05, 4.69) is 58.1 Å². The fraction of sp³-hybridized carbons (Fsp3) is 0.182. The highest BCUT2D eigenvalue weighted by molar-refractivity contribution is 7.17. The molecule has 0 radical (unpaired) electrons. The Labute approximate surface area is 175 Å². The molecule has 2 aromatic carbocycles. The van der Waals surface area contributed by atoms with Crippen LogP contribution in [0.5, 0.6) is 5.75 Å². The molecule has 0 spiro atoms. The van der Waals surface area contributed by atoms with Crippen LogP contribution in [-0.4, -0.2) is 16.3 Å². The molecule has 0 saturated heterocycles. The molecule has 4 rings (SSSR count). The van der Waals surface area contributed by atoms with Gasteiger partial charge in [-0.15, -0.1) is 24.5 Å². The maximum atomic E-state index is 12.5. The van der Waals surface area contributed by atoms with Crippen LogP contribution >= 0.6 is 11.3 Å². The zero-order chi connectivity index (χ0) is 21.3. The van der Waals surface area contributed by atoms with Gasteiger partial charge in [0.25, 0.3) is 0 Å². The summed E-state index contributed by atoms with van der Waals surface area (Å²) in [6.45, 7) is 4.28. The van der Waals surface area contributed by atoms with Gasteiger partial charge in [-0.25, -0.2) is 9.97 Å². The Kier molecular flexibility index (Phi) is 5.34. The number of nitrogens with zero attached hydrogens (tertiary/aromatic N) is 2. The van der Waals surface area contributed by atoms with Crippen molar-refractivity contribution in [1.29, 1.82) is 0 Å². The van der Waals surface area contributed by atoms with Gasteiger partial charge in [0.15, 0.2) is 0 Å². The fourth-order valence-corrected chi connectivity index (χ4v) is 4.05. The molecule has 2 heterocycles. The highest BCUT2D eigenvalue weighted by Crippen LogP contribution is 2.38. The minimum Gasteiger partial charge on any atom is -0.406 e. The van der Waals surface area contributed by atoms with Crippen LogP contribution in [0.4, 0.5) is 24.7 Å². The second-order valence-electron chi connectivity index (χ2n) is 7.03. The summed E-state index contributed by atoms with van der Waals surface area (Å²) >= 11 is 1.49. The summed E-state index contributed by atoms with van der Waals surface area (Å²) in [5.74, 6) is 0.658. The zero-order valence-electron chi connectivity index (χ0n) is 16.2. The summed E-state index contributed by atoms with van der Waals surface area (Å²) in [7, 11) is 0. The molecule has 2 aromatic heterocycles. The largest absolute Gasteiger partial charge is 0.573 e. The van der Waals surface area contributed by atoms with E-state index in [0.717, 1.165) is 21.3 Å². The molecule has 0 unspecified atom stereocenters. The first-order valence-electron chi connectivity index (χ1n) is 9.25. The lowest BCUT2D eigenvalue weighted by Crippen LogP contribution is -2.17. The monoisotopic (exact) mass is 429 g/mol. The summed E-state index contributed by atoms with van der Waals surface area (Å²) in [6, 6.07) is 14.0. The molecule has 0 amide bonds. The number of anilines is 2. The lowest BCUT2D eigenvalue weighted by molar-refractivity contribution is -0.274. The number of halogens is 3. The predicted octanol–water partition coefficient (Wildman–Crippen LogP) is 7.12. The lowest BCUT2D eigenvalue weighted by Gasteiger charge is -2.12. The smallest absolute Gasteiger partial charge is 0.406 e. The molecule has 0 bridgehead atoms. The number of fused-ring (bicyclic) bond motifs is 1. The van der Waals surface area contributed by atoms with Gasteiger partial charge in [-0.05, 0) is 29.2 Å². The van der Waals surface area contributed by atoms with Crippen molar-refractivity contribution < 1.29 is 17.9 Å². The lowest BCUT2D eigenvalue weighted by atomic mass is 9.99. The van der Waals surface area contributed by atoms with Crippen molar-refractivity contribution in [3.8, 4) is 16.9 Å². The Bertz CT molecular complexity index is 1170. The van der Waals surface area contributed by atoms with E-state index in [-0.39, 0.29) is 5.75 Å². The Morgan fingerprint density at radius 2 is 1.80 bits per heavy atom. The molecule has 0 saturated carbocycles. The Morgan fingerprint density at radius 3 is 2.50 bits per heavy atom. The first-order chi connectivity index (χ1) is 14.3. The van der Waals surface area contributed by atoms with Crippen molar-refractivity contribution in [3.63, 3.8) is 0 Å². The molecule has 1 N–H and O–H groups in total. The minimum absolute atomic E-state index is 0.299. The molecule has 0 aliphatic rings. The number of benzene rings is 2. The molecule has 8 heteroatoms. The van der Waals surface area contributed by atoms with Gasteiger partial charge in [-0.1, -0.05) is 44.2 Å². The third kappa shape index (κ3) is 4.38. The van der Waals surface area contributed by atoms with Crippen LogP contribution in [-0.2, 0) is 0 Å². The van der Waals surface area contributed by atoms with Crippen LogP contribution in [0.1, 0.15) is 25.3 Å². The van der Waals surface area contributed by atoms with Crippen molar-refractivity contribution >= 4 is 33.1 Å². The van der Waals surface area contributed by atoms with E-state index in [0.29, 0.717) is 17.4 Å². The highest BCUT2D eigenvalue weighted by atomic mass is 32.1. The molecule has 154 valence electrons. The number of hydrogen-bond donors (Lipinski definition) is 1. The topological polar surface area (TPSA) is 47.0 Å². The Hall–Kier alpha value is -3.13. The molecule has 0 aliphatic heterocycles. The van der Waals surface area contributed by atoms with Crippen molar-refractivity contribution in [2.24, 2.45) is 0 Å². The number of thiophene rings is 1. The average molecular weight is 429 g/mol. The van der Waals surface area contributed by atoms with Gasteiger partial charge in [-0.3, -0.25) is 0 Å². The van der Waals surface area contributed by atoms with E-state index in [9.17, 15) is 13.2 Å².